The minimum atomic E-state index is -0.631. The van der Waals surface area contributed by atoms with E-state index in [0.717, 1.165) is 17.3 Å². The van der Waals surface area contributed by atoms with Crippen molar-refractivity contribution < 1.29 is 24.0 Å². The lowest BCUT2D eigenvalue weighted by Gasteiger charge is -2.16. The summed E-state index contributed by atoms with van der Waals surface area (Å²) in [6, 6.07) is 0. The zero-order valence-electron chi connectivity index (χ0n) is 9.22. The highest BCUT2D eigenvalue weighted by Gasteiger charge is 2.34. The number of nitrogens with one attached hydrogen (secondary N) is 3. The minimum absolute atomic E-state index is 0.0327. The number of hydroxylamine groups is 1. The molecule has 3 aliphatic heterocycles. The third-order valence-electron chi connectivity index (χ3n) is 2.48. The van der Waals surface area contributed by atoms with Crippen molar-refractivity contribution in [2.45, 2.75) is 0 Å². The van der Waals surface area contributed by atoms with Crippen molar-refractivity contribution >= 4 is 23.6 Å². The van der Waals surface area contributed by atoms with E-state index < -0.39 is 23.6 Å². The molecule has 19 heavy (non-hydrogen) atoms. The first-order valence-electron chi connectivity index (χ1n) is 5.13. The lowest BCUT2D eigenvalue weighted by Crippen LogP contribution is -2.34. The predicted octanol–water partition coefficient (Wildman–Crippen LogP) is -2.30. The van der Waals surface area contributed by atoms with E-state index in [2.05, 4.69) is 10.7 Å². The second-order valence-electron chi connectivity index (χ2n) is 3.75. The van der Waals surface area contributed by atoms with Crippen LogP contribution in [0.4, 0.5) is 0 Å². The van der Waals surface area contributed by atoms with E-state index >= 15 is 0 Å². The summed E-state index contributed by atoms with van der Waals surface area (Å²) in [5.74, 6) is -2.27. The number of hydrogen-bond donors (Lipinski definition) is 3. The molecule has 3 rings (SSSR count). The molecule has 0 atom stereocenters. The molecule has 0 saturated heterocycles. The fourth-order valence-electron chi connectivity index (χ4n) is 1.66. The van der Waals surface area contributed by atoms with Gasteiger partial charge in [-0.1, -0.05) is 0 Å². The summed E-state index contributed by atoms with van der Waals surface area (Å²) in [6.07, 6.45) is 3.41. The van der Waals surface area contributed by atoms with Gasteiger partial charge in [0.2, 0.25) is 0 Å². The Balaban J connectivity index is 1.77. The summed E-state index contributed by atoms with van der Waals surface area (Å²) in [4.78, 5) is 50.0. The molecule has 0 aromatic rings. The monoisotopic (exact) mass is 262 g/mol. The molecule has 9 nitrogen and oxygen atoms in total. The lowest BCUT2D eigenvalue weighted by atomic mass is 10.2. The second-order valence-corrected chi connectivity index (χ2v) is 3.75. The Labute approximate surface area is 105 Å². The van der Waals surface area contributed by atoms with Crippen molar-refractivity contribution in [3.8, 4) is 0 Å². The number of rotatable bonds is 2. The smallest absolute Gasteiger partial charge is 0.280 e. The van der Waals surface area contributed by atoms with E-state index in [9.17, 15) is 19.2 Å². The molecule has 0 spiro atoms. The Kier molecular flexibility index (Phi) is 2.14. The van der Waals surface area contributed by atoms with Gasteiger partial charge in [-0.15, -0.1) is 5.17 Å². The van der Waals surface area contributed by atoms with Crippen LogP contribution < -0.4 is 16.1 Å². The van der Waals surface area contributed by atoms with Gasteiger partial charge >= 0.3 is 0 Å². The van der Waals surface area contributed by atoms with Crippen LogP contribution in [0.5, 0.6) is 0 Å². The summed E-state index contributed by atoms with van der Waals surface area (Å²) in [6.45, 7) is 0. The number of imide groups is 2. The average Bonchev–Trinajstić information content (AvgIpc) is 2.99. The minimum Gasteiger partial charge on any atom is -0.357 e. The largest absolute Gasteiger partial charge is 0.357 e. The molecule has 96 valence electrons. The first-order valence-corrected chi connectivity index (χ1v) is 5.13. The van der Waals surface area contributed by atoms with Gasteiger partial charge in [-0.3, -0.25) is 35.2 Å². The van der Waals surface area contributed by atoms with E-state index in [4.69, 9.17) is 4.84 Å². The number of carbonyl (C=O) groups is 4. The molecule has 3 heterocycles. The summed E-state index contributed by atoms with van der Waals surface area (Å²) in [5, 5.41) is 5.02. The topological polar surface area (TPSA) is 117 Å². The third kappa shape index (κ3) is 1.73. The summed E-state index contributed by atoms with van der Waals surface area (Å²) in [7, 11) is 0. The normalized spacial score (nSPS) is 21.5. The van der Waals surface area contributed by atoms with E-state index in [0.29, 0.717) is 0 Å². The maximum atomic E-state index is 11.4. The molecule has 4 amide bonds. The Bertz CT molecular complexity index is 630. The molecule has 0 aliphatic carbocycles. The zero-order valence-corrected chi connectivity index (χ0v) is 9.22. The van der Waals surface area contributed by atoms with Gasteiger partial charge in [0.25, 0.3) is 23.6 Å². The lowest BCUT2D eigenvalue weighted by molar-refractivity contribution is -0.132. The van der Waals surface area contributed by atoms with Crippen molar-refractivity contribution in [1.29, 1.82) is 0 Å². The molecule has 0 aromatic heterocycles. The quantitative estimate of drug-likeness (QED) is 0.479. The van der Waals surface area contributed by atoms with Gasteiger partial charge in [0, 0.05) is 12.2 Å². The van der Waals surface area contributed by atoms with Gasteiger partial charge < -0.3 is 4.84 Å². The fraction of sp³-hybridized carbons (Fsp3) is 0. The van der Waals surface area contributed by atoms with Crippen LogP contribution in [-0.2, 0) is 24.0 Å². The average molecular weight is 262 g/mol. The van der Waals surface area contributed by atoms with Gasteiger partial charge in [-0.05, 0) is 0 Å². The molecule has 3 N–H and O–H groups in total. The maximum Gasteiger partial charge on any atom is 0.280 e. The highest BCUT2D eigenvalue weighted by molar-refractivity contribution is 6.18. The van der Waals surface area contributed by atoms with E-state index in [1.165, 1.54) is 6.20 Å². The van der Waals surface area contributed by atoms with Gasteiger partial charge in [0.1, 0.15) is 0 Å². The molecule has 0 aromatic carbocycles. The second kappa shape index (κ2) is 3.70. The summed E-state index contributed by atoms with van der Waals surface area (Å²) < 4.78 is 0. The number of amides is 4. The van der Waals surface area contributed by atoms with Crippen LogP contribution in [0.15, 0.2) is 35.4 Å². The maximum absolute atomic E-state index is 11.4. The van der Waals surface area contributed by atoms with Gasteiger partial charge in [0.15, 0.2) is 11.5 Å². The Morgan fingerprint density at radius 2 is 1.63 bits per heavy atom. The zero-order chi connectivity index (χ0) is 13.6. The van der Waals surface area contributed by atoms with Crippen LogP contribution in [0.3, 0.4) is 0 Å². The summed E-state index contributed by atoms with van der Waals surface area (Å²) >= 11 is 0. The first-order chi connectivity index (χ1) is 9.04. The Hall–Kier alpha value is -3.10. The number of hydrogen-bond acceptors (Lipinski definition) is 7. The van der Waals surface area contributed by atoms with Gasteiger partial charge in [0.05, 0.1) is 11.8 Å². The van der Waals surface area contributed by atoms with E-state index in [1.54, 1.807) is 0 Å². The third-order valence-corrected chi connectivity index (χ3v) is 2.48. The molecule has 0 fully saturated rings. The molecule has 3 aliphatic rings. The van der Waals surface area contributed by atoms with Crippen molar-refractivity contribution in [2.75, 3.05) is 0 Å². The molecule has 9 heteroatoms. The van der Waals surface area contributed by atoms with Crippen LogP contribution in [0, 0.1) is 0 Å². The fourth-order valence-corrected chi connectivity index (χ4v) is 1.66. The van der Waals surface area contributed by atoms with Crippen molar-refractivity contribution in [3.05, 3.63) is 35.4 Å². The first kappa shape index (κ1) is 11.0. The number of nitrogens with zero attached hydrogens (tertiary/aromatic N) is 1. The van der Waals surface area contributed by atoms with Crippen molar-refractivity contribution in [1.82, 2.24) is 21.2 Å². The highest BCUT2D eigenvalue weighted by Crippen LogP contribution is 2.23. The predicted molar refractivity (Wildman–Crippen MR) is 56.6 cm³/mol. The van der Waals surface area contributed by atoms with E-state index in [-0.39, 0.29) is 17.0 Å². The van der Waals surface area contributed by atoms with Crippen LogP contribution >= 0.6 is 0 Å². The molecule has 0 radical (unpaired) electrons. The number of hydrazine groups is 1. The van der Waals surface area contributed by atoms with Crippen LogP contribution in [0.1, 0.15) is 0 Å². The van der Waals surface area contributed by atoms with Crippen LogP contribution in [0.2, 0.25) is 0 Å². The number of carbonyl (C=O) groups excluding carboxylic acids is 4. The molecule has 0 unspecified atom stereocenters. The Morgan fingerprint density at radius 1 is 0.947 bits per heavy atom. The standard InChI is InChI=1S/C10H6N4O5/c15-7-1-4(9(17)12-7)6-3-11-14(19-6)5-2-8(16)13-10(5)18/h1-3,11H,(H,12,15,17)(H,13,16,18). The molecular weight excluding hydrogens is 256 g/mol. The highest BCUT2D eigenvalue weighted by atomic mass is 16.7. The van der Waals surface area contributed by atoms with Crippen molar-refractivity contribution in [3.63, 3.8) is 0 Å². The molecular formula is C10H6N4O5. The van der Waals surface area contributed by atoms with Crippen LogP contribution in [-0.4, -0.2) is 28.8 Å². The van der Waals surface area contributed by atoms with Gasteiger partial charge in [-0.25, -0.2) is 0 Å². The van der Waals surface area contributed by atoms with Crippen LogP contribution in [0.25, 0.3) is 0 Å². The van der Waals surface area contributed by atoms with E-state index in [1.807, 2.05) is 5.32 Å². The Morgan fingerprint density at radius 3 is 2.21 bits per heavy atom. The summed E-state index contributed by atoms with van der Waals surface area (Å²) in [5.41, 5.74) is 2.53. The van der Waals surface area contributed by atoms with Gasteiger partial charge in [-0.2, -0.15) is 0 Å². The van der Waals surface area contributed by atoms with Crippen molar-refractivity contribution in [2.24, 2.45) is 0 Å². The molecule has 0 saturated carbocycles. The molecule has 0 bridgehead atoms. The SMILES string of the molecule is O=C1C=C(C2=CNN(C3=CC(=O)NC3=O)O2)C(=O)N1.